The van der Waals surface area contributed by atoms with Crippen molar-refractivity contribution in [3.05, 3.63) is 81.8 Å². The van der Waals surface area contributed by atoms with Crippen LogP contribution in [0.3, 0.4) is 0 Å². The second-order valence-corrected chi connectivity index (χ2v) is 10.1. The van der Waals surface area contributed by atoms with E-state index in [2.05, 4.69) is 43.5 Å². The van der Waals surface area contributed by atoms with E-state index in [0.717, 1.165) is 24.6 Å². The van der Waals surface area contributed by atoms with Gasteiger partial charge in [-0.05, 0) is 61.7 Å². The highest BCUT2D eigenvalue weighted by Gasteiger charge is 2.51. The molecule has 0 unspecified atom stereocenters. The summed E-state index contributed by atoms with van der Waals surface area (Å²) < 4.78 is 40.4. The number of halogens is 4. The van der Waals surface area contributed by atoms with Gasteiger partial charge in [-0.15, -0.1) is 0 Å². The number of hydrogen-bond acceptors (Lipinski definition) is 5. The molecule has 2 aromatic heterocycles. The Bertz CT molecular complexity index is 1270. The molecule has 0 bridgehead atoms. The maximum absolute atomic E-state index is 13.4. The molecule has 2 heterocycles. The van der Waals surface area contributed by atoms with Crippen LogP contribution in [0.2, 0.25) is 0 Å². The Morgan fingerprint density at radius 2 is 1.76 bits per heavy atom. The molecule has 37 heavy (non-hydrogen) atoms. The average Bonchev–Trinajstić information content (AvgIpc) is 3.65. The Morgan fingerprint density at radius 1 is 1.03 bits per heavy atom. The molecule has 6 nitrogen and oxygen atoms in total. The van der Waals surface area contributed by atoms with Crippen LogP contribution in [0.1, 0.15) is 59.9 Å². The van der Waals surface area contributed by atoms with Gasteiger partial charge in [-0.25, -0.2) is 0 Å². The zero-order valence-electron chi connectivity index (χ0n) is 20.2. The fourth-order valence-electron chi connectivity index (χ4n) is 4.01. The second-order valence-electron chi connectivity index (χ2n) is 9.20. The Balaban J connectivity index is 1.33. The summed E-state index contributed by atoms with van der Waals surface area (Å²) >= 11 is 3.07. The van der Waals surface area contributed by atoms with Crippen LogP contribution >= 0.6 is 15.9 Å². The van der Waals surface area contributed by atoms with Crippen LogP contribution in [0, 0.1) is 5.41 Å². The molecule has 0 atom stereocenters. The minimum atomic E-state index is -4.51. The number of anilines is 2. The third-order valence-electron chi connectivity index (χ3n) is 6.31. The zero-order chi connectivity index (χ0) is 26.6. The summed E-state index contributed by atoms with van der Waals surface area (Å²) in [4.78, 5) is 34.1. The van der Waals surface area contributed by atoms with E-state index in [9.17, 15) is 22.8 Å². The van der Waals surface area contributed by atoms with Gasteiger partial charge in [0.15, 0.2) is 5.78 Å². The van der Waals surface area contributed by atoms with E-state index in [4.69, 9.17) is 0 Å². The molecule has 3 aromatic rings. The average molecular weight is 575 g/mol. The standard InChI is InChI=1S/C27H26BrF3N4O2/c1-2-3-19-6-4-17(14-32-19)24(36)13-26(10-11-26)25(37)34-15-20-7-8-21(16-33-20)35-23-9-5-18(28)12-22(23)27(29,30)31/h4-9,12,14,16,35H,2-3,10-11,13,15H2,1H3,(H,34,37). The summed E-state index contributed by atoms with van der Waals surface area (Å²) in [6.07, 6.45) is 1.69. The molecule has 1 saturated carbocycles. The number of pyridine rings is 2. The second kappa shape index (κ2) is 11.0. The van der Waals surface area contributed by atoms with Gasteiger partial charge >= 0.3 is 6.18 Å². The minimum Gasteiger partial charge on any atom is -0.354 e. The number of nitrogens with one attached hydrogen (secondary N) is 2. The monoisotopic (exact) mass is 574 g/mol. The lowest BCUT2D eigenvalue weighted by molar-refractivity contribution is -0.137. The summed E-state index contributed by atoms with van der Waals surface area (Å²) in [5.41, 5.74) is 0.766. The van der Waals surface area contributed by atoms with Crippen LogP contribution in [0.15, 0.2) is 59.3 Å². The predicted molar refractivity (Wildman–Crippen MR) is 137 cm³/mol. The van der Waals surface area contributed by atoms with Crippen LogP contribution < -0.4 is 10.6 Å². The number of hydrogen-bond donors (Lipinski definition) is 2. The summed E-state index contributed by atoms with van der Waals surface area (Å²) in [5.74, 6) is -0.312. The quantitative estimate of drug-likeness (QED) is 0.266. The van der Waals surface area contributed by atoms with E-state index in [-0.39, 0.29) is 30.3 Å². The lowest BCUT2D eigenvalue weighted by atomic mass is 9.95. The van der Waals surface area contributed by atoms with Gasteiger partial charge in [0.2, 0.25) is 5.91 Å². The van der Waals surface area contributed by atoms with Crippen molar-refractivity contribution in [1.29, 1.82) is 0 Å². The van der Waals surface area contributed by atoms with Crippen LogP contribution in [-0.2, 0) is 23.9 Å². The molecule has 10 heteroatoms. The molecule has 1 aliphatic rings. The highest BCUT2D eigenvalue weighted by Crippen LogP contribution is 2.49. The SMILES string of the molecule is CCCc1ccc(C(=O)CC2(C(=O)NCc3ccc(Nc4ccc(Br)cc4C(F)(F)F)cn3)CC2)cn1. The number of amides is 1. The number of benzene rings is 1. The third-order valence-corrected chi connectivity index (χ3v) is 6.80. The fourth-order valence-corrected chi connectivity index (χ4v) is 4.38. The predicted octanol–water partition coefficient (Wildman–Crippen LogP) is 6.62. The molecule has 194 valence electrons. The van der Waals surface area contributed by atoms with Gasteiger partial charge in [0.1, 0.15) is 0 Å². The molecule has 1 aliphatic carbocycles. The van der Waals surface area contributed by atoms with E-state index in [0.29, 0.717) is 34.3 Å². The zero-order valence-corrected chi connectivity index (χ0v) is 21.7. The van der Waals surface area contributed by atoms with Crippen molar-refractivity contribution in [2.45, 2.75) is 51.7 Å². The molecule has 4 rings (SSSR count). The molecule has 1 aromatic carbocycles. The van der Waals surface area contributed by atoms with Crippen LogP contribution in [0.4, 0.5) is 24.5 Å². The summed E-state index contributed by atoms with van der Waals surface area (Å²) in [7, 11) is 0. The first-order valence-electron chi connectivity index (χ1n) is 11.9. The number of carbonyl (C=O) groups excluding carboxylic acids is 2. The van der Waals surface area contributed by atoms with Gasteiger partial charge in [0.05, 0.1) is 40.8 Å². The van der Waals surface area contributed by atoms with Gasteiger partial charge in [0.25, 0.3) is 0 Å². The lowest BCUT2D eigenvalue weighted by Crippen LogP contribution is -2.33. The van der Waals surface area contributed by atoms with Gasteiger partial charge in [0, 0.05) is 28.3 Å². The molecule has 1 fully saturated rings. The maximum Gasteiger partial charge on any atom is 0.418 e. The summed E-state index contributed by atoms with van der Waals surface area (Å²) in [6, 6.07) is 10.7. The van der Waals surface area contributed by atoms with Crippen molar-refractivity contribution < 1.29 is 22.8 Å². The third kappa shape index (κ3) is 6.74. The van der Waals surface area contributed by atoms with Crippen molar-refractivity contribution in [3.63, 3.8) is 0 Å². The lowest BCUT2D eigenvalue weighted by Gasteiger charge is -2.16. The molecule has 0 radical (unpaired) electrons. The van der Waals surface area contributed by atoms with Crippen LogP contribution in [0.25, 0.3) is 0 Å². The molecule has 0 spiro atoms. The summed E-state index contributed by atoms with van der Waals surface area (Å²) in [5, 5.41) is 5.59. The molecular formula is C27H26BrF3N4O2. The first-order chi connectivity index (χ1) is 17.6. The van der Waals surface area contributed by atoms with Gasteiger partial charge in [-0.2, -0.15) is 13.2 Å². The number of carbonyl (C=O) groups is 2. The number of aromatic nitrogens is 2. The number of alkyl halides is 3. The van der Waals surface area contributed by atoms with Crippen LogP contribution in [-0.4, -0.2) is 21.7 Å². The van der Waals surface area contributed by atoms with E-state index in [1.54, 1.807) is 24.4 Å². The van der Waals surface area contributed by atoms with Gasteiger partial charge in [-0.1, -0.05) is 29.3 Å². The Hall–Kier alpha value is -3.27. The Kier molecular flexibility index (Phi) is 7.96. The van der Waals surface area contributed by atoms with Gasteiger partial charge < -0.3 is 10.6 Å². The normalized spacial score (nSPS) is 14.2. The van der Waals surface area contributed by atoms with Crippen molar-refractivity contribution in [2.24, 2.45) is 5.41 Å². The number of nitrogens with zero attached hydrogens (tertiary/aromatic N) is 2. The van der Waals surface area contributed by atoms with Crippen molar-refractivity contribution >= 4 is 39.0 Å². The number of aryl methyl sites for hydroxylation is 1. The van der Waals surface area contributed by atoms with Crippen molar-refractivity contribution in [2.75, 3.05) is 5.32 Å². The number of Topliss-reactive ketones (excluding diaryl/α,β-unsaturated/α-hetero) is 1. The molecular weight excluding hydrogens is 549 g/mol. The number of ketones is 1. The van der Waals surface area contributed by atoms with Crippen molar-refractivity contribution in [1.82, 2.24) is 15.3 Å². The highest BCUT2D eigenvalue weighted by molar-refractivity contribution is 9.10. The van der Waals surface area contributed by atoms with E-state index in [1.807, 2.05) is 6.07 Å². The first-order valence-corrected chi connectivity index (χ1v) is 12.7. The first kappa shape index (κ1) is 26.8. The van der Waals surface area contributed by atoms with E-state index in [1.165, 1.54) is 18.3 Å². The maximum atomic E-state index is 13.4. The van der Waals surface area contributed by atoms with E-state index >= 15 is 0 Å². The number of rotatable bonds is 10. The van der Waals surface area contributed by atoms with Gasteiger partial charge in [-0.3, -0.25) is 19.6 Å². The highest BCUT2D eigenvalue weighted by atomic mass is 79.9. The molecule has 0 aliphatic heterocycles. The molecule has 0 saturated heterocycles. The Morgan fingerprint density at radius 3 is 2.35 bits per heavy atom. The molecule has 2 N–H and O–H groups in total. The largest absolute Gasteiger partial charge is 0.418 e. The van der Waals surface area contributed by atoms with Crippen molar-refractivity contribution in [3.8, 4) is 0 Å². The molecule has 1 amide bonds. The Labute approximate surface area is 221 Å². The smallest absolute Gasteiger partial charge is 0.354 e. The summed E-state index contributed by atoms with van der Waals surface area (Å²) in [6.45, 7) is 2.21. The fraction of sp³-hybridized carbons (Fsp3) is 0.333. The topological polar surface area (TPSA) is 84.0 Å². The van der Waals surface area contributed by atoms with Crippen LogP contribution in [0.5, 0.6) is 0 Å². The minimum absolute atomic E-state index is 0.0888. The van der Waals surface area contributed by atoms with E-state index < -0.39 is 17.2 Å².